The third kappa shape index (κ3) is 5.06. The van der Waals surface area contributed by atoms with E-state index in [9.17, 15) is 13.2 Å². The Kier molecular flexibility index (Phi) is 6.39. The summed E-state index contributed by atoms with van der Waals surface area (Å²) in [4.78, 5) is 12.3. The maximum absolute atomic E-state index is 12.6. The van der Waals surface area contributed by atoms with Gasteiger partial charge in [0.05, 0.1) is 17.6 Å². The molecule has 0 aliphatic rings. The van der Waals surface area contributed by atoms with Crippen molar-refractivity contribution in [3.05, 3.63) is 59.2 Å². The largest absolute Gasteiger partial charge is 0.496 e. The van der Waals surface area contributed by atoms with E-state index in [1.165, 1.54) is 25.3 Å². The highest BCUT2D eigenvalue weighted by atomic mass is 32.2. The quantitative estimate of drug-likeness (QED) is 0.778. The molecule has 7 heteroatoms. The summed E-state index contributed by atoms with van der Waals surface area (Å²) in [5.74, 6) is -0.0620. The molecule has 2 N–H and O–H groups in total. The van der Waals surface area contributed by atoms with Gasteiger partial charge in [0.15, 0.2) is 0 Å². The Hall–Kier alpha value is -2.38. The standard InChI is InChI=1S/C19H24N2O4S/c1-13(2)21-19(22)17-11-16(9-10-18(17)25-4)26(23,24)20-12-15-7-5-14(3)6-8-15/h5-11,13,20H,12H2,1-4H3,(H,21,22). The first-order valence-corrected chi connectivity index (χ1v) is 9.75. The summed E-state index contributed by atoms with van der Waals surface area (Å²) < 4.78 is 32.9. The Morgan fingerprint density at radius 1 is 1.12 bits per heavy atom. The van der Waals surface area contributed by atoms with Gasteiger partial charge in [-0.25, -0.2) is 13.1 Å². The molecular formula is C19H24N2O4S. The van der Waals surface area contributed by atoms with Crippen molar-refractivity contribution in [1.82, 2.24) is 10.0 Å². The van der Waals surface area contributed by atoms with Crippen LogP contribution in [-0.2, 0) is 16.6 Å². The van der Waals surface area contributed by atoms with Crippen LogP contribution in [0.5, 0.6) is 5.75 Å². The zero-order chi connectivity index (χ0) is 19.3. The van der Waals surface area contributed by atoms with Gasteiger partial charge in [-0.3, -0.25) is 4.79 Å². The number of hydrogen-bond acceptors (Lipinski definition) is 4. The minimum atomic E-state index is -3.76. The number of nitrogens with one attached hydrogen (secondary N) is 2. The maximum atomic E-state index is 12.6. The Morgan fingerprint density at radius 3 is 2.35 bits per heavy atom. The van der Waals surface area contributed by atoms with Gasteiger partial charge in [-0.15, -0.1) is 0 Å². The monoisotopic (exact) mass is 376 g/mol. The SMILES string of the molecule is COc1ccc(S(=O)(=O)NCc2ccc(C)cc2)cc1C(=O)NC(C)C. The van der Waals surface area contributed by atoms with Crippen molar-refractivity contribution >= 4 is 15.9 Å². The molecule has 0 saturated carbocycles. The van der Waals surface area contributed by atoms with Crippen LogP contribution in [0.1, 0.15) is 35.3 Å². The second-order valence-electron chi connectivity index (χ2n) is 6.30. The van der Waals surface area contributed by atoms with Gasteiger partial charge in [-0.2, -0.15) is 0 Å². The Balaban J connectivity index is 2.25. The fraction of sp³-hybridized carbons (Fsp3) is 0.316. The highest BCUT2D eigenvalue weighted by Gasteiger charge is 2.20. The Bertz CT molecular complexity index is 875. The van der Waals surface area contributed by atoms with Crippen molar-refractivity contribution in [2.75, 3.05) is 7.11 Å². The van der Waals surface area contributed by atoms with Crippen molar-refractivity contribution in [2.24, 2.45) is 0 Å². The number of sulfonamides is 1. The van der Waals surface area contributed by atoms with E-state index in [0.29, 0.717) is 5.75 Å². The third-order valence-corrected chi connectivity index (χ3v) is 5.13. The first kappa shape index (κ1) is 19.9. The molecule has 1 amide bonds. The fourth-order valence-electron chi connectivity index (χ4n) is 2.34. The van der Waals surface area contributed by atoms with E-state index in [-0.39, 0.29) is 29.0 Å². The van der Waals surface area contributed by atoms with Crippen molar-refractivity contribution < 1.29 is 17.9 Å². The van der Waals surface area contributed by atoms with Crippen LogP contribution in [0.25, 0.3) is 0 Å². The number of carbonyl (C=O) groups is 1. The number of methoxy groups -OCH3 is 1. The number of benzene rings is 2. The van der Waals surface area contributed by atoms with Crippen LogP contribution in [0.15, 0.2) is 47.4 Å². The van der Waals surface area contributed by atoms with E-state index in [1.54, 1.807) is 0 Å². The number of rotatable bonds is 7. The van der Waals surface area contributed by atoms with Crippen molar-refractivity contribution in [3.8, 4) is 5.75 Å². The molecule has 0 aliphatic carbocycles. The predicted molar refractivity (Wildman–Crippen MR) is 101 cm³/mol. The zero-order valence-electron chi connectivity index (χ0n) is 15.4. The normalized spacial score (nSPS) is 11.4. The molecule has 0 heterocycles. The minimum Gasteiger partial charge on any atom is -0.496 e. The molecule has 0 spiro atoms. The fourth-order valence-corrected chi connectivity index (χ4v) is 3.38. The van der Waals surface area contributed by atoms with Crippen LogP contribution in [0.4, 0.5) is 0 Å². The zero-order valence-corrected chi connectivity index (χ0v) is 16.2. The van der Waals surface area contributed by atoms with Crippen LogP contribution in [0.3, 0.4) is 0 Å². The van der Waals surface area contributed by atoms with E-state index < -0.39 is 10.0 Å². The van der Waals surface area contributed by atoms with Crippen molar-refractivity contribution in [1.29, 1.82) is 0 Å². The molecule has 0 fully saturated rings. The third-order valence-electron chi connectivity index (χ3n) is 3.73. The molecule has 0 bridgehead atoms. The lowest BCUT2D eigenvalue weighted by atomic mass is 10.2. The van der Waals surface area contributed by atoms with Gasteiger partial charge in [0.25, 0.3) is 5.91 Å². The predicted octanol–water partition coefficient (Wildman–Crippen LogP) is 2.62. The van der Waals surface area contributed by atoms with E-state index in [1.807, 2.05) is 45.0 Å². The topological polar surface area (TPSA) is 84.5 Å². The summed E-state index contributed by atoms with van der Waals surface area (Å²) in [6, 6.07) is 11.7. The van der Waals surface area contributed by atoms with Crippen LogP contribution in [-0.4, -0.2) is 27.5 Å². The highest BCUT2D eigenvalue weighted by molar-refractivity contribution is 7.89. The van der Waals surface area contributed by atoms with Crippen molar-refractivity contribution in [3.63, 3.8) is 0 Å². The van der Waals surface area contributed by atoms with Gasteiger partial charge in [-0.1, -0.05) is 29.8 Å². The second-order valence-corrected chi connectivity index (χ2v) is 8.07. The van der Waals surface area contributed by atoms with E-state index >= 15 is 0 Å². The molecule has 140 valence electrons. The van der Waals surface area contributed by atoms with Gasteiger partial charge in [-0.05, 0) is 44.5 Å². The van der Waals surface area contributed by atoms with E-state index in [2.05, 4.69) is 10.0 Å². The lowest BCUT2D eigenvalue weighted by Crippen LogP contribution is -2.31. The Labute approximate surface area is 154 Å². The van der Waals surface area contributed by atoms with Gasteiger partial charge in [0.1, 0.15) is 5.75 Å². The molecule has 0 aromatic heterocycles. The van der Waals surface area contributed by atoms with Gasteiger partial charge < -0.3 is 10.1 Å². The summed E-state index contributed by atoms with van der Waals surface area (Å²) >= 11 is 0. The Morgan fingerprint density at radius 2 is 1.77 bits per heavy atom. The summed E-state index contributed by atoms with van der Waals surface area (Å²) in [6.07, 6.45) is 0. The number of aryl methyl sites for hydroxylation is 1. The van der Waals surface area contributed by atoms with Gasteiger partial charge in [0, 0.05) is 12.6 Å². The average molecular weight is 376 g/mol. The van der Waals surface area contributed by atoms with Crippen molar-refractivity contribution in [2.45, 2.75) is 38.3 Å². The minimum absolute atomic E-state index is 0.0133. The molecule has 0 aliphatic heterocycles. The molecule has 2 aromatic rings. The summed E-state index contributed by atoms with van der Waals surface area (Å²) in [5.41, 5.74) is 2.14. The van der Waals surface area contributed by atoms with Crippen LogP contribution in [0.2, 0.25) is 0 Å². The number of ether oxygens (including phenoxy) is 1. The maximum Gasteiger partial charge on any atom is 0.255 e. The molecular weight excluding hydrogens is 352 g/mol. The lowest BCUT2D eigenvalue weighted by Gasteiger charge is -2.13. The number of amides is 1. The summed E-state index contributed by atoms with van der Waals surface area (Å²) in [6.45, 7) is 5.79. The number of carbonyl (C=O) groups excluding carboxylic acids is 1. The molecule has 26 heavy (non-hydrogen) atoms. The average Bonchev–Trinajstić information content (AvgIpc) is 2.60. The highest BCUT2D eigenvalue weighted by Crippen LogP contribution is 2.23. The molecule has 2 aromatic carbocycles. The van der Waals surface area contributed by atoms with Crippen LogP contribution in [0, 0.1) is 6.92 Å². The van der Waals surface area contributed by atoms with Gasteiger partial charge in [0.2, 0.25) is 10.0 Å². The smallest absolute Gasteiger partial charge is 0.255 e. The first-order valence-electron chi connectivity index (χ1n) is 8.27. The molecule has 0 unspecified atom stereocenters. The second kappa shape index (κ2) is 8.33. The van der Waals surface area contributed by atoms with Gasteiger partial charge >= 0.3 is 0 Å². The summed E-state index contributed by atoms with van der Waals surface area (Å²) in [5, 5.41) is 2.74. The molecule has 0 saturated heterocycles. The molecule has 6 nitrogen and oxygen atoms in total. The molecule has 0 radical (unpaired) electrons. The molecule has 0 atom stereocenters. The van der Waals surface area contributed by atoms with E-state index in [0.717, 1.165) is 11.1 Å². The van der Waals surface area contributed by atoms with Crippen LogP contribution < -0.4 is 14.8 Å². The first-order chi connectivity index (χ1) is 12.2. The summed E-state index contributed by atoms with van der Waals surface area (Å²) in [7, 11) is -2.33. The van der Waals surface area contributed by atoms with E-state index in [4.69, 9.17) is 4.74 Å². The number of hydrogen-bond donors (Lipinski definition) is 2. The van der Waals surface area contributed by atoms with Crippen LogP contribution >= 0.6 is 0 Å². The lowest BCUT2D eigenvalue weighted by molar-refractivity contribution is 0.0940. The molecule has 2 rings (SSSR count).